The summed E-state index contributed by atoms with van der Waals surface area (Å²) in [6, 6.07) is 6.80. The molecular weight excluding hydrogens is 336 g/mol. The summed E-state index contributed by atoms with van der Waals surface area (Å²) in [5.74, 6) is -0.651. The van der Waals surface area contributed by atoms with Crippen LogP contribution in [0.3, 0.4) is 0 Å². The van der Waals surface area contributed by atoms with Gasteiger partial charge in [0, 0.05) is 58.3 Å². The molecular formula is C18H24N4O4. The summed E-state index contributed by atoms with van der Waals surface area (Å²) in [6.45, 7) is 6.13. The Morgan fingerprint density at radius 3 is 2.15 bits per heavy atom. The third-order valence-electron chi connectivity index (χ3n) is 4.23. The number of anilines is 2. The topological polar surface area (TPSA) is 90.0 Å². The van der Waals surface area contributed by atoms with Crippen molar-refractivity contribution >= 4 is 35.0 Å². The van der Waals surface area contributed by atoms with E-state index in [0.717, 1.165) is 0 Å². The van der Waals surface area contributed by atoms with Gasteiger partial charge in [-0.3, -0.25) is 19.2 Å². The summed E-state index contributed by atoms with van der Waals surface area (Å²) >= 11 is 0. The third kappa shape index (κ3) is 5.05. The summed E-state index contributed by atoms with van der Waals surface area (Å²) in [5.41, 5.74) is 1.10. The maximum absolute atomic E-state index is 12.6. The van der Waals surface area contributed by atoms with Gasteiger partial charge in [0.2, 0.25) is 23.6 Å². The Bertz CT molecular complexity index is 711. The van der Waals surface area contributed by atoms with Gasteiger partial charge in [-0.1, -0.05) is 6.07 Å². The molecule has 8 heteroatoms. The number of nitrogens with zero attached hydrogens (tertiary/aromatic N) is 3. The average molecular weight is 360 g/mol. The van der Waals surface area contributed by atoms with Crippen molar-refractivity contribution in [3.8, 4) is 0 Å². The predicted molar refractivity (Wildman–Crippen MR) is 97.6 cm³/mol. The lowest BCUT2D eigenvalue weighted by molar-refractivity contribution is -0.137. The Kier molecular flexibility index (Phi) is 6.32. The fourth-order valence-corrected chi connectivity index (χ4v) is 2.85. The second-order valence-corrected chi connectivity index (χ2v) is 6.22. The van der Waals surface area contributed by atoms with Crippen molar-refractivity contribution in [2.45, 2.75) is 20.8 Å². The number of piperazine rings is 1. The Balaban J connectivity index is 2.06. The minimum Gasteiger partial charge on any atom is -0.339 e. The fourth-order valence-electron chi connectivity index (χ4n) is 2.85. The van der Waals surface area contributed by atoms with Gasteiger partial charge in [0.15, 0.2) is 0 Å². The summed E-state index contributed by atoms with van der Waals surface area (Å²) in [4.78, 5) is 52.0. The molecule has 1 N–H and O–H groups in total. The SMILES string of the molecule is CC(=O)Nc1cccc(N(CC(=O)N2CCN(C(C)=O)CC2)C(C)=O)c1. The number of hydrogen-bond acceptors (Lipinski definition) is 4. The molecule has 140 valence electrons. The van der Waals surface area contributed by atoms with Crippen molar-refractivity contribution in [2.24, 2.45) is 0 Å². The lowest BCUT2D eigenvalue weighted by Crippen LogP contribution is -2.52. The van der Waals surface area contributed by atoms with Gasteiger partial charge in [0.05, 0.1) is 0 Å². The van der Waals surface area contributed by atoms with Crippen LogP contribution in [0.25, 0.3) is 0 Å². The molecule has 1 aliphatic heterocycles. The highest BCUT2D eigenvalue weighted by molar-refractivity contribution is 5.98. The van der Waals surface area contributed by atoms with Gasteiger partial charge in [-0.15, -0.1) is 0 Å². The van der Waals surface area contributed by atoms with Crippen LogP contribution in [0.15, 0.2) is 24.3 Å². The number of benzene rings is 1. The second kappa shape index (κ2) is 8.46. The highest BCUT2D eigenvalue weighted by atomic mass is 16.2. The summed E-state index contributed by atoms with van der Waals surface area (Å²) < 4.78 is 0. The molecule has 1 heterocycles. The van der Waals surface area contributed by atoms with Crippen LogP contribution in [0.4, 0.5) is 11.4 Å². The molecule has 1 aromatic carbocycles. The smallest absolute Gasteiger partial charge is 0.242 e. The van der Waals surface area contributed by atoms with Crippen LogP contribution in [-0.4, -0.2) is 66.2 Å². The summed E-state index contributed by atoms with van der Waals surface area (Å²) in [7, 11) is 0. The van der Waals surface area contributed by atoms with Gasteiger partial charge in [-0.2, -0.15) is 0 Å². The van der Waals surface area contributed by atoms with E-state index in [4.69, 9.17) is 0 Å². The van der Waals surface area contributed by atoms with Crippen molar-refractivity contribution in [1.82, 2.24) is 9.80 Å². The van der Waals surface area contributed by atoms with Crippen LogP contribution >= 0.6 is 0 Å². The Labute approximate surface area is 152 Å². The first-order valence-corrected chi connectivity index (χ1v) is 8.47. The molecule has 2 rings (SSSR count). The molecule has 4 amide bonds. The molecule has 1 saturated heterocycles. The van der Waals surface area contributed by atoms with Crippen LogP contribution in [0, 0.1) is 0 Å². The van der Waals surface area contributed by atoms with Gasteiger partial charge in [-0.05, 0) is 18.2 Å². The fraction of sp³-hybridized carbons (Fsp3) is 0.444. The monoisotopic (exact) mass is 360 g/mol. The third-order valence-corrected chi connectivity index (χ3v) is 4.23. The Morgan fingerprint density at radius 1 is 1.00 bits per heavy atom. The number of rotatable bonds is 4. The molecule has 0 saturated carbocycles. The zero-order valence-electron chi connectivity index (χ0n) is 15.3. The van der Waals surface area contributed by atoms with Gasteiger partial charge < -0.3 is 20.0 Å². The van der Waals surface area contributed by atoms with E-state index in [1.54, 1.807) is 34.1 Å². The quantitative estimate of drug-likeness (QED) is 0.855. The van der Waals surface area contributed by atoms with Crippen LogP contribution in [0.5, 0.6) is 0 Å². The zero-order chi connectivity index (χ0) is 19.3. The van der Waals surface area contributed by atoms with Gasteiger partial charge in [-0.25, -0.2) is 0 Å². The standard InChI is InChI=1S/C18H24N4O4/c1-13(23)19-16-5-4-6-17(11-16)22(15(3)25)12-18(26)21-9-7-20(8-10-21)14(2)24/h4-6,11H,7-10,12H2,1-3H3,(H,19,23). The van der Waals surface area contributed by atoms with Gasteiger partial charge >= 0.3 is 0 Å². The maximum atomic E-state index is 12.6. The van der Waals surface area contributed by atoms with E-state index >= 15 is 0 Å². The molecule has 0 aliphatic carbocycles. The van der Waals surface area contributed by atoms with Crippen LogP contribution in [0.2, 0.25) is 0 Å². The first-order valence-electron chi connectivity index (χ1n) is 8.47. The highest BCUT2D eigenvalue weighted by Gasteiger charge is 2.25. The minimum absolute atomic E-state index is 0.00255. The molecule has 0 atom stereocenters. The highest BCUT2D eigenvalue weighted by Crippen LogP contribution is 2.20. The Morgan fingerprint density at radius 2 is 1.62 bits per heavy atom. The molecule has 1 aliphatic rings. The van der Waals surface area contributed by atoms with E-state index in [-0.39, 0.29) is 30.2 Å². The normalized spacial score (nSPS) is 14.0. The first kappa shape index (κ1) is 19.4. The van der Waals surface area contributed by atoms with Crippen molar-refractivity contribution in [3.63, 3.8) is 0 Å². The van der Waals surface area contributed by atoms with E-state index in [2.05, 4.69) is 5.32 Å². The number of hydrogen-bond donors (Lipinski definition) is 1. The molecule has 0 radical (unpaired) electrons. The number of carbonyl (C=O) groups is 4. The molecule has 26 heavy (non-hydrogen) atoms. The lowest BCUT2D eigenvalue weighted by atomic mass is 10.2. The van der Waals surface area contributed by atoms with Crippen LogP contribution < -0.4 is 10.2 Å². The molecule has 1 fully saturated rings. The number of amides is 4. The molecule has 1 aromatic rings. The predicted octanol–water partition coefficient (Wildman–Crippen LogP) is 0.689. The van der Waals surface area contributed by atoms with Crippen molar-refractivity contribution in [1.29, 1.82) is 0 Å². The molecule has 8 nitrogen and oxygen atoms in total. The van der Waals surface area contributed by atoms with Crippen LogP contribution in [-0.2, 0) is 19.2 Å². The molecule has 0 unspecified atom stereocenters. The largest absolute Gasteiger partial charge is 0.339 e. The van der Waals surface area contributed by atoms with Crippen molar-refractivity contribution in [2.75, 3.05) is 42.9 Å². The minimum atomic E-state index is -0.263. The average Bonchev–Trinajstić information content (AvgIpc) is 2.58. The van der Waals surface area contributed by atoms with Crippen molar-refractivity contribution < 1.29 is 19.2 Å². The second-order valence-electron chi connectivity index (χ2n) is 6.22. The zero-order valence-corrected chi connectivity index (χ0v) is 15.3. The Hall–Kier alpha value is -2.90. The summed E-state index contributed by atoms with van der Waals surface area (Å²) in [5, 5.41) is 2.66. The summed E-state index contributed by atoms with van der Waals surface area (Å²) in [6.07, 6.45) is 0. The first-order chi connectivity index (χ1) is 12.3. The van der Waals surface area contributed by atoms with E-state index in [1.165, 1.54) is 25.7 Å². The number of carbonyl (C=O) groups excluding carboxylic acids is 4. The van der Waals surface area contributed by atoms with Crippen molar-refractivity contribution in [3.05, 3.63) is 24.3 Å². The van der Waals surface area contributed by atoms with Gasteiger partial charge in [0.25, 0.3) is 0 Å². The number of nitrogens with one attached hydrogen (secondary N) is 1. The molecule has 0 bridgehead atoms. The van der Waals surface area contributed by atoms with E-state index < -0.39 is 0 Å². The van der Waals surface area contributed by atoms with E-state index in [0.29, 0.717) is 37.6 Å². The van der Waals surface area contributed by atoms with E-state index in [1.807, 2.05) is 0 Å². The van der Waals surface area contributed by atoms with Gasteiger partial charge in [0.1, 0.15) is 6.54 Å². The molecule has 0 spiro atoms. The lowest BCUT2D eigenvalue weighted by Gasteiger charge is -2.35. The van der Waals surface area contributed by atoms with Crippen LogP contribution in [0.1, 0.15) is 20.8 Å². The van der Waals surface area contributed by atoms with E-state index in [9.17, 15) is 19.2 Å². The molecule has 0 aromatic heterocycles. The maximum Gasteiger partial charge on any atom is 0.242 e.